The molecule has 0 fully saturated rings. The number of hydrogen-bond donors (Lipinski definition) is 1. The highest BCUT2D eigenvalue weighted by Gasteiger charge is 2.46. The third-order valence-corrected chi connectivity index (χ3v) is 5.50. The van der Waals surface area contributed by atoms with E-state index >= 15 is 0 Å². The van der Waals surface area contributed by atoms with Crippen LogP contribution in [0, 0.1) is 5.41 Å². The minimum absolute atomic E-state index is 0.0373. The van der Waals surface area contributed by atoms with E-state index in [1.54, 1.807) is 13.0 Å². The summed E-state index contributed by atoms with van der Waals surface area (Å²) < 4.78 is 16.4. The number of allylic oxidation sites excluding steroid dienone is 2. The summed E-state index contributed by atoms with van der Waals surface area (Å²) in [6.45, 7) is 5.78. The van der Waals surface area contributed by atoms with Gasteiger partial charge in [-0.2, -0.15) is 0 Å². The number of carbonyl (C=O) groups excluding carboxylic acids is 2. The zero-order valence-electron chi connectivity index (χ0n) is 16.7. The summed E-state index contributed by atoms with van der Waals surface area (Å²) in [4.78, 5) is 26.0. The van der Waals surface area contributed by atoms with Gasteiger partial charge in [-0.15, -0.1) is 0 Å². The summed E-state index contributed by atoms with van der Waals surface area (Å²) >= 11 is 12.6. The van der Waals surface area contributed by atoms with Crippen LogP contribution in [0.4, 0.5) is 0 Å². The van der Waals surface area contributed by atoms with Crippen molar-refractivity contribution in [1.29, 1.82) is 0 Å². The molecule has 0 unspecified atom stereocenters. The van der Waals surface area contributed by atoms with Gasteiger partial charge in [0.2, 0.25) is 5.88 Å². The lowest BCUT2D eigenvalue weighted by Crippen LogP contribution is -2.35. The van der Waals surface area contributed by atoms with Crippen molar-refractivity contribution in [1.82, 2.24) is 0 Å². The van der Waals surface area contributed by atoms with E-state index < -0.39 is 11.9 Å². The molecule has 0 amide bonds. The van der Waals surface area contributed by atoms with Crippen LogP contribution in [0.25, 0.3) is 0 Å². The molecule has 0 aromatic heterocycles. The Morgan fingerprint density at radius 1 is 1.31 bits per heavy atom. The molecule has 0 radical (unpaired) electrons. The van der Waals surface area contributed by atoms with Gasteiger partial charge in [0, 0.05) is 29.0 Å². The number of methoxy groups -OCH3 is 1. The standard InChI is InChI=1S/C21H23Cl2NO5/c1-5-28-20(26)17-15(11-6-10(22)7-12(23)18(11)27-4)16-13(25)8-21(2,3)9-14(16)29-19(17)24/h6-7,15H,5,8-9,24H2,1-4H3/t15-/m0/s1. The molecule has 2 N–H and O–H groups in total. The number of Topliss-reactive ketones (excluding diaryl/α,β-unsaturated/α-hetero) is 1. The second kappa shape index (κ2) is 7.92. The summed E-state index contributed by atoms with van der Waals surface area (Å²) in [7, 11) is 1.45. The van der Waals surface area contributed by atoms with Crippen molar-refractivity contribution < 1.29 is 23.8 Å². The van der Waals surface area contributed by atoms with E-state index in [0.29, 0.717) is 40.5 Å². The first-order valence-corrected chi connectivity index (χ1v) is 9.99. The Kier molecular flexibility index (Phi) is 5.88. The Bertz CT molecular complexity index is 949. The second-order valence-corrected chi connectivity index (χ2v) is 8.66. The van der Waals surface area contributed by atoms with Crippen LogP contribution in [0.3, 0.4) is 0 Å². The Hall–Kier alpha value is -2.18. The van der Waals surface area contributed by atoms with E-state index in [0.717, 1.165) is 0 Å². The van der Waals surface area contributed by atoms with Crippen molar-refractivity contribution in [2.24, 2.45) is 11.1 Å². The summed E-state index contributed by atoms with van der Waals surface area (Å²) in [6.07, 6.45) is 0.802. The number of ether oxygens (including phenoxy) is 3. The zero-order chi connectivity index (χ0) is 21.5. The van der Waals surface area contributed by atoms with Gasteiger partial charge < -0.3 is 19.9 Å². The summed E-state index contributed by atoms with van der Waals surface area (Å²) in [5.41, 5.74) is 6.71. The van der Waals surface area contributed by atoms with Gasteiger partial charge in [0.1, 0.15) is 17.1 Å². The molecule has 1 aromatic rings. The zero-order valence-corrected chi connectivity index (χ0v) is 18.2. The van der Waals surface area contributed by atoms with Crippen LogP contribution in [0.5, 0.6) is 5.75 Å². The molecule has 1 aromatic carbocycles. The fourth-order valence-corrected chi connectivity index (χ4v) is 4.50. The van der Waals surface area contributed by atoms with Crippen LogP contribution in [-0.4, -0.2) is 25.5 Å². The van der Waals surface area contributed by atoms with Crippen molar-refractivity contribution in [2.75, 3.05) is 13.7 Å². The molecular weight excluding hydrogens is 417 g/mol. The average Bonchev–Trinajstić information content (AvgIpc) is 2.58. The predicted molar refractivity (Wildman–Crippen MR) is 110 cm³/mol. The summed E-state index contributed by atoms with van der Waals surface area (Å²) in [6, 6.07) is 3.15. The lowest BCUT2D eigenvalue weighted by atomic mass is 9.70. The SMILES string of the molecule is CCOC(=O)C1=C(N)OC2=C(C(=O)CC(C)(C)C2)[C@@H]1c1cc(Cl)cc(Cl)c1OC. The van der Waals surface area contributed by atoms with Crippen molar-refractivity contribution in [3.05, 3.63) is 50.5 Å². The first kappa shape index (κ1) is 21.5. The van der Waals surface area contributed by atoms with Gasteiger partial charge in [0.05, 0.1) is 24.7 Å². The van der Waals surface area contributed by atoms with Gasteiger partial charge in [-0.25, -0.2) is 4.79 Å². The second-order valence-electron chi connectivity index (χ2n) is 7.82. The molecule has 1 aliphatic carbocycles. The number of esters is 1. The molecule has 0 saturated carbocycles. The van der Waals surface area contributed by atoms with Crippen molar-refractivity contribution in [2.45, 2.75) is 39.5 Å². The molecule has 2 aliphatic rings. The van der Waals surface area contributed by atoms with Gasteiger partial charge >= 0.3 is 5.97 Å². The minimum atomic E-state index is -0.854. The van der Waals surface area contributed by atoms with Crippen LogP contribution in [-0.2, 0) is 19.1 Å². The molecule has 0 bridgehead atoms. The van der Waals surface area contributed by atoms with Crippen LogP contribution in [0.15, 0.2) is 34.9 Å². The van der Waals surface area contributed by atoms with Crippen molar-refractivity contribution in [3.8, 4) is 5.75 Å². The van der Waals surface area contributed by atoms with Gasteiger partial charge in [-0.1, -0.05) is 37.0 Å². The highest BCUT2D eigenvalue weighted by atomic mass is 35.5. The van der Waals surface area contributed by atoms with E-state index in [2.05, 4.69) is 0 Å². The molecule has 1 atom stereocenters. The third kappa shape index (κ3) is 3.96. The summed E-state index contributed by atoms with van der Waals surface area (Å²) in [5.74, 6) is -1.00. The van der Waals surface area contributed by atoms with Crippen LogP contribution < -0.4 is 10.5 Å². The lowest BCUT2D eigenvalue weighted by molar-refractivity contribution is -0.139. The number of rotatable bonds is 4. The van der Waals surface area contributed by atoms with Gasteiger partial charge in [-0.3, -0.25) is 4.79 Å². The number of ketones is 1. The Labute approximate surface area is 179 Å². The van der Waals surface area contributed by atoms with E-state index in [9.17, 15) is 9.59 Å². The Balaban J connectivity index is 2.30. The molecule has 0 saturated heterocycles. The molecule has 8 heteroatoms. The molecule has 6 nitrogen and oxygen atoms in total. The van der Waals surface area contributed by atoms with Crippen molar-refractivity contribution >= 4 is 35.0 Å². The van der Waals surface area contributed by atoms with Crippen LogP contribution in [0.2, 0.25) is 10.0 Å². The number of hydrogen-bond acceptors (Lipinski definition) is 6. The highest BCUT2D eigenvalue weighted by Crippen LogP contribution is 2.51. The Morgan fingerprint density at radius 3 is 2.62 bits per heavy atom. The van der Waals surface area contributed by atoms with Crippen molar-refractivity contribution in [3.63, 3.8) is 0 Å². The maximum atomic E-state index is 13.2. The van der Waals surface area contributed by atoms with E-state index in [-0.39, 0.29) is 34.3 Å². The highest BCUT2D eigenvalue weighted by molar-refractivity contribution is 6.35. The number of nitrogens with two attached hydrogens (primary N) is 1. The topological polar surface area (TPSA) is 87.9 Å². The third-order valence-electron chi connectivity index (χ3n) is 5.00. The molecule has 156 valence electrons. The predicted octanol–water partition coefficient (Wildman–Crippen LogP) is 4.49. The Morgan fingerprint density at radius 2 is 2.00 bits per heavy atom. The number of halogens is 2. The molecule has 29 heavy (non-hydrogen) atoms. The fraction of sp³-hybridized carbons (Fsp3) is 0.429. The molecule has 0 spiro atoms. The molecule has 1 aliphatic heterocycles. The fourth-order valence-electron chi connectivity index (χ4n) is 3.91. The van der Waals surface area contributed by atoms with E-state index in [1.165, 1.54) is 13.2 Å². The molecular formula is C21H23Cl2NO5. The summed E-state index contributed by atoms with van der Waals surface area (Å²) in [5, 5.41) is 0.596. The minimum Gasteiger partial charge on any atom is -0.495 e. The van der Waals surface area contributed by atoms with Gasteiger partial charge in [0.25, 0.3) is 0 Å². The first-order chi connectivity index (χ1) is 13.6. The molecule has 1 heterocycles. The normalized spacial score (nSPS) is 20.9. The monoisotopic (exact) mass is 439 g/mol. The van der Waals surface area contributed by atoms with Gasteiger partial charge in [-0.05, 0) is 24.5 Å². The van der Waals surface area contributed by atoms with Crippen LogP contribution >= 0.6 is 23.2 Å². The first-order valence-electron chi connectivity index (χ1n) is 9.23. The smallest absolute Gasteiger partial charge is 0.340 e. The quantitative estimate of drug-likeness (QED) is 0.695. The van der Waals surface area contributed by atoms with Gasteiger partial charge in [0.15, 0.2) is 5.78 Å². The lowest BCUT2D eigenvalue weighted by Gasteiger charge is -2.38. The maximum Gasteiger partial charge on any atom is 0.340 e. The molecule has 3 rings (SSSR count). The largest absolute Gasteiger partial charge is 0.495 e. The van der Waals surface area contributed by atoms with E-state index in [4.69, 9.17) is 43.1 Å². The van der Waals surface area contributed by atoms with E-state index in [1.807, 2.05) is 13.8 Å². The number of benzene rings is 1. The maximum absolute atomic E-state index is 13.2. The van der Waals surface area contributed by atoms with Crippen LogP contribution in [0.1, 0.15) is 45.1 Å². The number of carbonyl (C=O) groups is 2. The average molecular weight is 440 g/mol.